The molecule has 2 N–H and O–H groups in total. The van der Waals surface area contributed by atoms with Gasteiger partial charge in [-0.25, -0.2) is 13.1 Å². The topological polar surface area (TPSA) is 79.3 Å². The van der Waals surface area contributed by atoms with Gasteiger partial charge in [0.05, 0.1) is 11.0 Å². The first kappa shape index (κ1) is 14.9. The van der Waals surface area contributed by atoms with E-state index in [1.165, 1.54) is 0 Å². The van der Waals surface area contributed by atoms with E-state index in [9.17, 15) is 13.5 Å². The van der Waals surface area contributed by atoms with E-state index >= 15 is 0 Å². The number of aliphatic hydroxyl groups excluding tert-OH is 1. The normalized spacial score (nSPS) is 13.5. The maximum Gasteiger partial charge on any atom is 0.241 e. The molecule has 1 aromatic heterocycles. The van der Waals surface area contributed by atoms with Gasteiger partial charge >= 0.3 is 0 Å². The monoisotopic (exact) mass is 294 g/mol. The summed E-state index contributed by atoms with van der Waals surface area (Å²) in [6.45, 7) is 1.97. The maximum atomic E-state index is 12.3. The molecule has 0 amide bonds. The van der Waals surface area contributed by atoms with Crippen LogP contribution in [0, 0.1) is 0 Å². The summed E-state index contributed by atoms with van der Waals surface area (Å²) in [7, 11) is -3.64. The highest BCUT2D eigenvalue weighted by atomic mass is 32.2. The molecule has 0 spiro atoms. The molecule has 0 saturated carbocycles. The van der Waals surface area contributed by atoms with Crippen molar-refractivity contribution in [3.05, 3.63) is 36.7 Å². The smallest absolute Gasteiger partial charge is 0.241 e. The predicted molar refractivity (Wildman–Crippen MR) is 77.8 cm³/mol. The summed E-state index contributed by atoms with van der Waals surface area (Å²) >= 11 is 0. The van der Waals surface area contributed by atoms with Gasteiger partial charge in [-0.3, -0.25) is 4.98 Å². The minimum atomic E-state index is -3.64. The lowest BCUT2D eigenvalue weighted by molar-refractivity contribution is 0.167. The van der Waals surface area contributed by atoms with E-state index in [0.29, 0.717) is 11.8 Å². The molecule has 0 aliphatic rings. The highest BCUT2D eigenvalue weighted by Gasteiger charge is 2.18. The van der Waals surface area contributed by atoms with Crippen molar-refractivity contribution in [2.24, 2.45) is 0 Å². The van der Waals surface area contributed by atoms with Crippen molar-refractivity contribution in [3.8, 4) is 0 Å². The molecule has 1 aromatic carbocycles. The van der Waals surface area contributed by atoms with Crippen molar-refractivity contribution in [3.63, 3.8) is 0 Å². The number of nitrogens with one attached hydrogen (secondary N) is 1. The van der Waals surface area contributed by atoms with Crippen LogP contribution in [-0.4, -0.2) is 31.2 Å². The highest BCUT2D eigenvalue weighted by molar-refractivity contribution is 7.89. The molecule has 0 radical (unpaired) electrons. The molecular formula is C14H18N2O3S. The molecule has 0 aliphatic carbocycles. The molecule has 2 rings (SSSR count). The van der Waals surface area contributed by atoms with Crippen molar-refractivity contribution in [2.75, 3.05) is 6.54 Å². The molecule has 0 saturated heterocycles. The van der Waals surface area contributed by atoms with Crippen LogP contribution in [0.1, 0.15) is 19.8 Å². The zero-order chi connectivity index (χ0) is 14.6. The number of rotatable bonds is 6. The van der Waals surface area contributed by atoms with Gasteiger partial charge in [-0.05, 0) is 18.6 Å². The molecule has 1 heterocycles. The lowest BCUT2D eigenvalue weighted by Gasteiger charge is -2.12. The molecule has 1 atom stereocenters. The summed E-state index contributed by atoms with van der Waals surface area (Å²) in [5.74, 6) is 0. The van der Waals surface area contributed by atoms with Gasteiger partial charge in [0.2, 0.25) is 10.0 Å². The molecule has 0 fully saturated rings. The van der Waals surface area contributed by atoms with Crippen molar-refractivity contribution in [2.45, 2.75) is 30.8 Å². The van der Waals surface area contributed by atoms with E-state index in [-0.39, 0.29) is 11.4 Å². The molecule has 0 bridgehead atoms. The fourth-order valence-electron chi connectivity index (χ4n) is 2.05. The van der Waals surface area contributed by atoms with Gasteiger partial charge in [0, 0.05) is 29.7 Å². The number of fused-ring (bicyclic) bond motifs is 1. The first-order valence-electron chi connectivity index (χ1n) is 6.55. The van der Waals surface area contributed by atoms with Crippen LogP contribution >= 0.6 is 0 Å². The van der Waals surface area contributed by atoms with E-state index in [1.54, 1.807) is 30.6 Å². The summed E-state index contributed by atoms with van der Waals surface area (Å²) in [6, 6.07) is 6.72. The predicted octanol–water partition coefficient (Wildman–Crippen LogP) is 1.67. The van der Waals surface area contributed by atoms with Crippen molar-refractivity contribution >= 4 is 20.8 Å². The molecule has 6 heteroatoms. The number of aliphatic hydroxyl groups is 1. The Balaban J connectivity index is 2.28. The van der Waals surface area contributed by atoms with E-state index in [0.717, 1.165) is 11.8 Å². The van der Waals surface area contributed by atoms with E-state index in [1.807, 2.05) is 13.0 Å². The third-order valence-electron chi connectivity index (χ3n) is 3.06. The summed E-state index contributed by atoms with van der Waals surface area (Å²) in [6.07, 6.45) is 3.91. The largest absolute Gasteiger partial charge is 0.392 e. The first-order valence-corrected chi connectivity index (χ1v) is 8.03. The van der Waals surface area contributed by atoms with Crippen molar-refractivity contribution in [1.29, 1.82) is 0 Å². The number of benzene rings is 1. The fourth-order valence-corrected chi connectivity index (χ4v) is 3.35. The molecule has 0 aliphatic heterocycles. The van der Waals surface area contributed by atoms with E-state index < -0.39 is 16.1 Å². The number of sulfonamides is 1. The van der Waals surface area contributed by atoms with Crippen LogP contribution in [0.5, 0.6) is 0 Å². The Hall–Kier alpha value is -1.50. The number of hydrogen-bond acceptors (Lipinski definition) is 4. The lowest BCUT2D eigenvalue weighted by Crippen LogP contribution is -2.32. The van der Waals surface area contributed by atoms with Crippen LogP contribution in [-0.2, 0) is 10.0 Å². The number of nitrogens with zero attached hydrogens (tertiary/aromatic N) is 1. The second-order valence-corrected chi connectivity index (χ2v) is 6.38. The van der Waals surface area contributed by atoms with Gasteiger partial charge in [-0.2, -0.15) is 0 Å². The molecule has 5 nitrogen and oxygen atoms in total. The van der Waals surface area contributed by atoms with Crippen LogP contribution in [0.2, 0.25) is 0 Å². The third kappa shape index (κ3) is 3.33. The van der Waals surface area contributed by atoms with Crippen molar-refractivity contribution < 1.29 is 13.5 Å². The zero-order valence-electron chi connectivity index (χ0n) is 11.3. The van der Waals surface area contributed by atoms with Crippen LogP contribution in [0.3, 0.4) is 0 Å². The molecular weight excluding hydrogens is 276 g/mol. The Morgan fingerprint density at radius 3 is 2.90 bits per heavy atom. The first-order chi connectivity index (χ1) is 9.54. The maximum absolute atomic E-state index is 12.3. The summed E-state index contributed by atoms with van der Waals surface area (Å²) < 4.78 is 27.1. The molecule has 20 heavy (non-hydrogen) atoms. The van der Waals surface area contributed by atoms with Crippen LogP contribution in [0.15, 0.2) is 41.6 Å². The van der Waals surface area contributed by atoms with Gasteiger partial charge in [-0.15, -0.1) is 0 Å². The quantitative estimate of drug-likeness (QED) is 0.849. The highest BCUT2D eigenvalue weighted by Crippen LogP contribution is 2.21. The molecule has 108 valence electrons. The third-order valence-corrected chi connectivity index (χ3v) is 4.54. The number of hydrogen-bond donors (Lipinski definition) is 2. The molecule has 2 aromatic rings. The standard InChI is InChI=1S/C14H18N2O3S/c1-2-4-12(17)10-16-20(18,19)14-6-3-5-11-9-15-8-7-13(11)14/h3,5-9,12,16-17H,2,4,10H2,1H3. The van der Waals surface area contributed by atoms with Crippen LogP contribution in [0.25, 0.3) is 10.8 Å². The summed E-state index contributed by atoms with van der Waals surface area (Å²) in [4.78, 5) is 4.19. The zero-order valence-corrected chi connectivity index (χ0v) is 12.1. The minimum Gasteiger partial charge on any atom is -0.392 e. The SMILES string of the molecule is CCCC(O)CNS(=O)(=O)c1cccc2cnccc12. The second-order valence-electron chi connectivity index (χ2n) is 4.65. The Kier molecular flexibility index (Phi) is 4.69. The Bertz CT molecular complexity index is 680. The van der Waals surface area contributed by atoms with Crippen LogP contribution < -0.4 is 4.72 Å². The van der Waals surface area contributed by atoms with Crippen LogP contribution in [0.4, 0.5) is 0 Å². The number of pyridine rings is 1. The van der Waals surface area contributed by atoms with Gasteiger partial charge in [-0.1, -0.05) is 25.5 Å². The second kappa shape index (κ2) is 6.30. The van der Waals surface area contributed by atoms with Gasteiger partial charge in [0.1, 0.15) is 0 Å². The van der Waals surface area contributed by atoms with E-state index in [4.69, 9.17) is 0 Å². The Labute approximate surface area is 118 Å². The molecule has 1 unspecified atom stereocenters. The average molecular weight is 294 g/mol. The lowest BCUT2D eigenvalue weighted by atomic mass is 10.2. The van der Waals surface area contributed by atoms with Gasteiger partial charge in [0.25, 0.3) is 0 Å². The Morgan fingerprint density at radius 2 is 2.15 bits per heavy atom. The minimum absolute atomic E-state index is 0.0254. The number of aromatic nitrogens is 1. The summed E-state index contributed by atoms with van der Waals surface area (Å²) in [5, 5.41) is 11.0. The fraction of sp³-hybridized carbons (Fsp3) is 0.357. The van der Waals surface area contributed by atoms with E-state index in [2.05, 4.69) is 9.71 Å². The average Bonchev–Trinajstić information content (AvgIpc) is 2.45. The summed E-state index contributed by atoms with van der Waals surface area (Å²) in [5.41, 5.74) is 0. The van der Waals surface area contributed by atoms with Gasteiger partial charge in [0.15, 0.2) is 0 Å². The Morgan fingerprint density at radius 1 is 1.35 bits per heavy atom. The van der Waals surface area contributed by atoms with Crippen molar-refractivity contribution in [1.82, 2.24) is 9.71 Å². The van der Waals surface area contributed by atoms with Gasteiger partial charge < -0.3 is 5.11 Å².